The Morgan fingerprint density at radius 2 is 2.00 bits per heavy atom. The van der Waals surface area contributed by atoms with Crippen molar-refractivity contribution in [3.05, 3.63) is 54.0 Å². The Bertz CT molecular complexity index is 536. The van der Waals surface area contributed by atoms with E-state index in [9.17, 15) is 4.39 Å². The van der Waals surface area contributed by atoms with E-state index in [0.717, 1.165) is 34.1 Å². The van der Waals surface area contributed by atoms with E-state index in [1.54, 1.807) is 0 Å². The third kappa shape index (κ3) is 3.24. The van der Waals surface area contributed by atoms with E-state index in [1.165, 1.54) is 6.08 Å². The topological polar surface area (TPSA) is 9.23 Å². The molecule has 3 heteroatoms. The number of hydrogen-bond donors (Lipinski definition) is 0. The average molecular weight is 248 g/mol. The van der Waals surface area contributed by atoms with Gasteiger partial charge in [0.1, 0.15) is 0 Å². The summed E-state index contributed by atoms with van der Waals surface area (Å²) in [6, 6.07) is 13.2. The van der Waals surface area contributed by atoms with Crippen LogP contribution < -0.4 is 0 Å². The summed E-state index contributed by atoms with van der Waals surface area (Å²) >= 11 is 1.10. The Labute approximate surface area is 104 Å². The van der Waals surface area contributed by atoms with Crippen LogP contribution in [0.15, 0.2) is 48.5 Å². The third-order valence-electron chi connectivity index (χ3n) is 2.31. The first-order valence-electron chi connectivity index (χ1n) is 5.45. The molecular weight excluding hydrogens is 235 g/mol. The molecule has 0 aliphatic carbocycles. The molecule has 0 bridgehead atoms. The van der Waals surface area contributed by atoms with E-state index in [1.807, 2.05) is 49.4 Å². The van der Waals surface area contributed by atoms with Gasteiger partial charge in [0, 0.05) is 11.8 Å². The Balaban J connectivity index is 2.24. The molecule has 2 aromatic carbocycles. The van der Waals surface area contributed by atoms with Crippen molar-refractivity contribution in [2.75, 3.05) is 5.75 Å². The molecule has 88 valence electrons. The van der Waals surface area contributed by atoms with Crippen LogP contribution in [-0.4, -0.2) is 5.75 Å². The van der Waals surface area contributed by atoms with Crippen LogP contribution in [0, 0.1) is 0 Å². The summed E-state index contributed by atoms with van der Waals surface area (Å²) < 4.78 is 18.1. The lowest BCUT2D eigenvalue weighted by Crippen LogP contribution is -1.79. The quantitative estimate of drug-likeness (QED) is 0.568. The van der Waals surface area contributed by atoms with Gasteiger partial charge in [-0.15, -0.1) is 0 Å². The van der Waals surface area contributed by atoms with Gasteiger partial charge in [-0.2, -0.15) is 4.39 Å². The van der Waals surface area contributed by atoms with Crippen LogP contribution in [0.25, 0.3) is 16.8 Å². The second-order valence-corrected chi connectivity index (χ2v) is 4.52. The van der Waals surface area contributed by atoms with Crippen LogP contribution in [0.4, 0.5) is 4.39 Å². The third-order valence-corrected chi connectivity index (χ3v) is 2.82. The summed E-state index contributed by atoms with van der Waals surface area (Å²) in [5, 5.41) is 2.24. The fourth-order valence-corrected chi connectivity index (χ4v) is 1.85. The highest BCUT2D eigenvalue weighted by Crippen LogP contribution is 2.19. The summed E-state index contributed by atoms with van der Waals surface area (Å²) in [6.07, 6.45) is 1.40. The van der Waals surface area contributed by atoms with Crippen LogP contribution in [0.5, 0.6) is 0 Å². The summed E-state index contributed by atoms with van der Waals surface area (Å²) in [5.74, 6) is 0.721. The number of benzene rings is 2. The maximum atomic E-state index is 13.3. The van der Waals surface area contributed by atoms with Crippen molar-refractivity contribution in [1.29, 1.82) is 0 Å². The van der Waals surface area contributed by atoms with Crippen molar-refractivity contribution < 1.29 is 8.57 Å². The van der Waals surface area contributed by atoms with Gasteiger partial charge in [0.05, 0.1) is 12.0 Å². The first-order chi connectivity index (χ1) is 8.29. The van der Waals surface area contributed by atoms with Crippen molar-refractivity contribution in [3.63, 3.8) is 0 Å². The van der Waals surface area contributed by atoms with Crippen molar-refractivity contribution in [2.24, 2.45) is 0 Å². The zero-order chi connectivity index (χ0) is 12.1. The van der Waals surface area contributed by atoms with Crippen LogP contribution in [0.2, 0.25) is 0 Å². The maximum absolute atomic E-state index is 13.3. The molecule has 0 N–H and O–H groups in total. The van der Waals surface area contributed by atoms with Gasteiger partial charge in [0.15, 0.2) is 0 Å². The Hall–Kier alpha value is -1.48. The lowest BCUT2D eigenvalue weighted by atomic mass is 10.1. The molecule has 0 fully saturated rings. The van der Waals surface area contributed by atoms with Crippen LogP contribution in [-0.2, 0) is 4.18 Å². The fourth-order valence-electron chi connectivity index (χ4n) is 1.57. The number of fused-ring (bicyclic) bond motifs is 1. The molecule has 0 spiro atoms. The molecule has 17 heavy (non-hydrogen) atoms. The molecule has 1 nitrogen and oxygen atoms in total. The van der Waals surface area contributed by atoms with Gasteiger partial charge in [-0.25, -0.2) is 0 Å². The Kier molecular flexibility index (Phi) is 4.04. The van der Waals surface area contributed by atoms with Crippen LogP contribution >= 0.6 is 12.0 Å². The SMILES string of the molecule is CCSO/C(F)=C/c1ccc2ccccc2c1. The highest BCUT2D eigenvalue weighted by Gasteiger charge is 1.98. The van der Waals surface area contributed by atoms with Gasteiger partial charge in [-0.1, -0.05) is 43.3 Å². The highest BCUT2D eigenvalue weighted by molar-refractivity contribution is 7.94. The average Bonchev–Trinajstić information content (AvgIpc) is 2.36. The molecule has 0 aromatic heterocycles. The van der Waals surface area contributed by atoms with Gasteiger partial charge in [0.2, 0.25) is 0 Å². The fraction of sp³-hybridized carbons (Fsp3) is 0.143. The van der Waals surface area contributed by atoms with Crippen molar-refractivity contribution in [2.45, 2.75) is 6.92 Å². The first kappa shape index (κ1) is 12.0. The van der Waals surface area contributed by atoms with E-state index in [0.29, 0.717) is 0 Å². The second kappa shape index (κ2) is 5.73. The minimum atomic E-state index is -0.563. The molecule has 0 unspecified atom stereocenters. The molecule has 0 saturated carbocycles. The lowest BCUT2D eigenvalue weighted by molar-refractivity contribution is 0.351. The number of rotatable bonds is 4. The molecule has 0 saturated heterocycles. The molecule has 2 rings (SSSR count). The maximum Gasteiger partial charge on any atom is 0.285 e. The van der Waals surface area contributed by atoms with Crippen LogP contribution in [0.3, 0.4) is 0 Å². The minimum Gasteiger partial charge on any atom is -0.397 e. The molecule has 0 aliphatic heterocycles. The summed E-state index contributed by atoms with van der Waals surface area (Å²) in [6.45, 7) is 1.91. The summed E-state index contributed by atoms with van der Waals surface area (Å²) in [5.41, 5.74) is 0.804. The van der Waals surface area contributed by atoms with Gasteiger partial charge in [-0.05, 0) is 22.4 Å². The van der Waals surface area contributed by atoms with Gasteiger partial charge < -0.3 is 4.18 Å². The van der Waals surface area contributed by atoms with E-state index >= 15 is 0 Å². The molecule has 2 aromatic rings. The predicted molar refractivity (Wildman–Crippen MR) is 72.3 cm³/mol. The van der Waals surface area contributed by atoms with Crippen molar-refractivity contribution in [1.82, 2.24) is 0 Å². The smallest absolute Gasteiger partial charge is 0.285 e. The second-order valence-electron chi connectivity index (χ2n) is 3.54. The number of hydrogen-bond acceptors (Lipinski definition) is 2. The molecule has 0 amide bonds. The van der Waals surface area contributed by atoms with Crippen molar-refractivity contribution >= 4 is 28.9 Å². The molecule has 0 radical (unpaired) electrons. The zero-order valence-electron chi connectivity index (χ0n) is 9.52. The standard InChI is InChI=1S/C14H13FOS/c1-2-17-16-14(15)10-11-7-8-12-5-3-4-6-13(12)9-11/h3-10H,2H2,1H3/b14-10+. The van der Waals surface area contributed by atoms with E-state index in [-0.39, 0.29) is 0 Å². The monoisotopic (exact) mass is 248 g/mol. The molecule has 0 aliphatic rings. The normalized spacial score (nSPS) is 11.8. The van der Waals surface area contributed by atoms with Gasteiger partial charge in [-0.3, -0.25) is 0 Å². The van der Waals surface area contributed by atoms with E-state index in [4.69, 9.17) is 4.18 Å². The zero-order valence-corrected chi connectivity index (χ0v) is 10.3. The largest absolute Gasteiger partial charge is 0.397 e. The van der Waals surface area contributed by atoms with E-state index < -0.39 is 6.01 Å². The summed E-state index contributed by atoms with van der Waals surface area (Å²) in [4.78, 5) is 0. The highest BCUT2D eigenvalue weighted by atomic mass is 32.2. The van der Waals surface area contributed by atoms with Gasteiger partial charge in [0.25, 0.3) is 6.01 Å². The molecule has 0 atom stereocenters. The predicted octanol–water partition coefficient (Wildman–Crippen LogP) is 4.79. The Morgan fingerprint density at radius 3 is 2.76 bits per heavy atom. The van der Waals surface area contributed by atoms with Crippen LogP contribution in [0.1, 0.15) is 12.5 Å². The van der Waals surface area contributed by atoms with Crippen molar-refractivity contribution in [3.8, 4) is 0 Å². The van der Waals surface area contributed by atoms with Gasteiger partial charge >= 0.3 is 0 Å². The molecule has 0 heterocycles. The Morgan fingerprint density at radius 1 is 1.24 bits per heavy atom. The lowest BCUT2D eigenvalue weighted by Gasteiger charge is -2.01. The minimum absolute atomic E-state index is 0.563. The molecular formula is C14H13FOS. The number of halogens is 1. The summed E-state index contributed by atoms with van der Waals surface area (Å²) in [7, 11) is 0. The van der Waals surface area contributed by atoms with E-state index in [2.05, 4.69) is 0 Å². The first-order valence-corrected chi connectivity index (χ1v) is 6.36.